The Balaban J connectivity index is 1.24. The van der Waals surface area contributed by atoms with Gasteiger partial charge in [-0.15, -0.1) is 5.10 Å². The second-order valence-corrected chi connectivity index (χ2v) is 11.8. The number of hydrogen-bond acceptors (Lipinski definition) is 7. The SMILES string of the molecule is COC1=CC([C@@H](c2nnnn2-c2c(C)cccc2C)N2CCN(C/C=C/c3ccccc3)CC2)CC=C1OCc1ccccc1. The van der Waals surface area contributed by atoms with Crippen LogP contribution in [0.1, 0.15) is 40.5 Å². The van der Waals surface area contributed by atoms with Crippen LogP contribution in [0.2, 0.25) is 0 Å². The molecule has 8 nitrogen and oxygen atoms in total. The smallest absolute Gasteiger partial charge is 0.174 e. The third-order valence-corrected chi connectivity index (χ3v) is 8.73. The van der Waals surface area contributed by atoms with Gasteiger partial charge in [0.2, 0.25) is 0 Å². The maximum absolute atomic E-state index is 6.24. The minimum Gasteiger partial charge on any atom is -0.493 e. The minimum atomic E-state index is -0.0434. The number of methoxy groups -OCH3 is 1. The molecule has 4 aromatic rings. The van der Waals surface area contributed by atoms with Gasteiger partial charge in [-0.3, -0.25) is 9.80 Å². The number of benzene rings is 3. The molecule has 1 aromatic heterocycles. The van der Waals surface area contributed by atoms with Gasteiger partial charge in [0.15, 0.2) is 17.3 Å². The molecule has 3 aromatic carbocycles. The molecule has 1 aliphatic carbocycles. The average molecular weight is 603 g/mol. The van der Waals surface area contributed by atoms with Gasteiger partial charge < -0.3 is 9.47 Å². The lowest BCUT2D eigenvalue weighted by atomic mass is 9.89. The zero-order chi connectivity index (χ0) is 31.0. The van der Waals surface area contributed by atoms with Crippen LogP contribution >= 0.6 is 0 Å². The van der Waals surface area contributed by atoms with Crippen molar-refractivity contribution in [2.24, 2.45) is 5.92 Å². The molecule has 1 saturated heterocycles. The molecule has 232 valence electrons. The fraction of sp³-hybridized carbons (Fsp3) is 0.324. The van der Waals surface area contributed by atoms with Crippen molar-refractivity contribution in [1.82, 2.24) is 30.0 Å². The quantitative estimate of drug-likeness (QED) is 0.200. The molecule has 8 heteroatoms. The molecule has 0 bridgehead atoms. The van der Waals surface area contributed by atoms with Gasteiger partial charge in [0.25, 0.3) is 0 Å². The normalized spacial score (nSPS) is 18.4. The summed E-state index contributed by atoms with van der Waals surface area (Å²) >= 11 is 0. The number of tetrazole rings is 1. The van der Waals surface area contributed by atoms with Gasteiger partial charge in [-0.1, -0.05) is 91.0 Å². The van der Waals surface area contributed by atoms with Gasteiger partial charge in [-0.2, -0.15) is 4.68 Å². The fourth-order valence-electron chi connectivity index (χ4n) is 6.37. The van der Waals surface area contributed by atoms with E-state index in [0.717, 1.165) is 78.9 Å². The third-order valence-electron chi connectivity index (χ3n) is 8.73. The van der Waals surface area contributed by atoms with Crippen molar-refractivity contribution in [2.75, 3.05) is 39.8 Å². The van der Waals surface area contributed by atoms with Gasteiger partial charge in [0.1, 0.15) is 6.61 Å². The van der Waals surface area contributed by atoms with Crippen molar-refractivity contribution in [1.29, 1.82) is 0 Å². The Bertz CT molecular complexity index is 1620. The predicted molar refractivity (Wildman–Crippen MR) is 177 cm³/mol. The summed E-state index contributed by atoms with van der Waals surface area (Å²) in [5.41, 5.74) is 5.68. The molecular formula is C37H42N6O2. The first kappa shape index (κ1) is 30.5. The average Bonchev–Trinajstić information content (AvgIpc) is 3.54. The Morgan fingerprint density at radius 1 is 0.867 bits per heavy atom. The lowest BCUT2D eigenvalue weighted by Gasteiger charge is -2.41. The Kier molecular flexibility index (Phi) is 9.83. The van der Waals surface area contributed by atoms with Gasteiger partial charge in [-0.05, 0) is 65.1 Å². The van der Waals surface area contributed by atoms with E-state index in [1.54, 1.807) is 7.11 Å². The van der Waals surface area contributed by atoms with E-state index < -0.39 is 0 Å². The largest absolute Gasteiger partial charge is 0.493 e. The first-order chi connectivity index (χ1) is 22.1. The molecule has 1 unspecified atom stereocenters. The number of aromatic nitrogens is 4. The van der Waals surface area contributed by atoms with E-state index in [9.17, 15) is 0 Å². The van der Waals surface area contributed by atoms with Crippen molar-refractivity contribution in [3.8, 4) is 5.69 Å². The number of nitrogens with zero attached hydrogens (tertiary/aromatic N) is 6. The van der Waals surface area contributed by atoms with Crippen molar-refractivity contribution in [3.05, 3.63) is 137 Å². The van der Waals surface area contributed by atoms with Crippen molar-refractivity contribution < 1.29 is 9.47 Å². The summed E-state index contributed by atoms with van der Waals surface area (Å²) in [6.45, 7) is 9.42. The molecule has 2 aliphatic rings. The van der Waals surface area contributed by atoms with E-state index in [4.69, 9.17) is 9.47 Å². The molecular weight excluding hydrogens is 560 g/mol. The topological polar surface area (TPSA) is 68.5 Å². The lowest BCUT2D eigenvalue weighted by Crippen LogP contribution is -2.49. The Hall–Kier alpha value is -4.53. The number of piperazine rings is 1. The van der Waals surface area contributed by atoms with E-state index >= 15 is 0 Å². The van der Waals surface area contributed by atoms with Gasteiger partial charge >= 0.3 is 0 Å². The maximum atomic E-state index is 6.24. The Morgan fingerprint density at radius 2 is 1.58 bits per heavy atom. The standard InChI is InChI=1S/C37H42N6O2/c1-28-12-10-13-29(2)35(28)43-37(38-39-40-43)36(42-24-22-41(23-25-42)21-11-18-30-14-6-4-7-15-30)32-19-20-33(34(26-32)44-3)45-27-31-16-8-5-9-17-31/h4-18,20,26,32,36H,19,21-25,27H2,1-3H3/b18-11+/t32?,36-/m0/s1. The van der Waals surface area contributed by atoms with Crippen molar-refractivity contribution in [3.63, 3.8) is 0 Å². The molecule has 0 amide bonds. The second-order valence-electron chi connectivity index (χ2n) is 11.8. The molecule has 0 radical (unpaired) electrons. The number of aryl methyl sites for hydroxylation is 2. The lowest BCUT2D eigenvalue weighted by molar-refractivity contribution is 0.0752. The molecule has 2 heterocycles. The Labute approximate surface area is 266 Å². The molecule has 6 rings (SSSR count). The van der Waals surface area contributed by atoms with Gasteiger partial charge in [0.05, 0.1) is 18.8 Å². The molecule has 45 heavy (non-hydrogen) atoms. The highest BCUT2D eigenvalue weighted by Gasteiger charge is 2.36. The first-order valence-electron chi connectivity index (χ1n) is 15.8. The summed E-state index contributed by atoms with van der Waals surface area (Å²) in [5.74, 6) is 2.48. The van der Waals surface area contributed by atoms with Crippen LogP contribution in [-0.2, 0) is 16.1 Å². The second kappa shape index (κ2) is 14.5. The summed E-state index contributed by atoms with van der Waals surface area (Å²) < 4.78 is 14.1. The summed E-state index contributed by atoms with van der Waals surface area (Å²) in [5, 5.41) is 13.4. The number of para-hydroxylation sites is 1. The third kappa shape index (κ3) is 7.24. The maximum Gasteiger partial charge on any atom is 0.174 e. The van der Waals surface area contributed by atoms with Crippen LogP contribution in [-0.4, -0.2) is 69.8 Å². The highest BCUT2D eigenvalue weighted by molar-refractivity contribution is 5.49. The monoisotopic (exact) mass is 602 g/mol. The molecule has 0 spiro atoms. The summed E-state index contributed by atoms with van der Waals surface area (Å²) in [4.78, 5) is 5.06. The number of allylic oxidation sites excluding steroid dienone is 1. The van der Waals surface area contributed by atoms with E-state index in [1.165, 1.54) is 5.56 Å². The number of hydrogen-bond donors (Lipinski definition) is 0. The summed E-state index contributed by atoms with van der Waals surface area (Å²) in [7, 11) is 1.71. The molecule has 0 saturated carbocycles. The van der Waals surface area contributed by atoms with Crippen LogP contribution in [0.25, 0.3) is 11.8 Å². The van der Waals surface area contributed by atoms with E-state index in [1.807, 2.05) is 22.9 Å². The first-order valence-corrected chi connectivity index (χ1v) is 15.8. The van der Waals surface area contributed by atoms with Gasteiger partial charge in [-0.25, -0.2) is 0 Å². The van der Waals surface area contributed by atoms with Crippen molar-refractivity contribution >= 4 is 6.08 Å². The van der Waals surface area contributed by atoms with Crippen LogP contribution in [0.4, 0.5) is 0 Å². The number of ether oxygens (including phenoxy) is 2. The highest BCUT2D eigenvalue weighted by Crippen LogP contribution is 2.38. The molecule has 1 aliphatic heterocycles. The summed E-state index contributed by atoms with van der Waals surface area (Å²) in [6.07, 6.45) is 9.64. The van der Waals surface area contributed by atoms with Crippen LogP contribution in [0.15, 0.2) is 109 Å². The number of rotatable bonds is 11. The molecule has 2 atom stereocenters. The predicted octanol–water partition coefficient (Wildman–Crippen LogP) is 6.30. The Morgan fingerprint density at radius 3 is 2.29 bits per heavy atom. The van der Waals surface area contributed by atoms with E-state index in [-0.39, 0.29) is 12.0 Å². The zero-order valence-electron chi connectivity index (χ0n) is 26.4. The van der Waals surface area contributed by atoms with Crippen LogP contribution in [0.5, 0.6) is 0 Å². The minimum absolute atomic E-state index is 0.0434. The summed E-state index contributed by atoms with van der Waals surface area (Å²) in [6, 6.07) is 27.0. The van der Waals surface area contributed by atoms with Gasteiger partial charge in [0, 0.05) is 38.6 Å². The van der Waals surface area contributed by atoms with E-state index in [2.05, 4.69) is 124 Å². The van der Waals surface area contributed by atoms with Crippen LogP contribution < -0.4 is 0 Å². The highest BCUT2D eigenvalue weighted by atomic mass is 16.5. The molecule has 1 fully saturated rings. The van der Waals surface area contributed by atoms with E-state index in [0.29, 0.717) is 6.61 Å². The van der Waals surface area contributed by atoms with Crippen molar-refractivity contribution in [2.45, 2.75) is 32.9 Å². The fourth-order valence-corrected chi connectivity index (χ4v) is 6.37. The molecule has 0 N–H and O–H groups in total. The van der Waals surface area contributed by atoms with Crippen LogP contribution in [0, 0.1) is 19.8 Å². The zero-order valence-corrected chi connectivity index (χ0v) is 26.4. The van der Waals surface area contributed by atoms with Crippen LogP contribution in [0.3, 0.4) is 0 Å².